The molecule has 6 nitrogen and oxygen atoms in total. The van der Waals surface area contributed by atoms with Crippen LogP contribution in [0.4, 0.5) is 19.1 Å². The Balaban J connectivity index is 1.49. The third-order valence-corrected chi connectivity index (χ3v) is 6.57. The molecule has 0 N–H and O–H groups in total. The van der Waals surface area contributed by atoms with Gasteiger partial charge in [-0.1, -0.05) is 19.1 Å². The second-order valence-electron chi connectivity index (χ2n) is 9.06. The van der Waals surface area contributed by atoms with Gasteiger partial charge in [-0.3, -0.25) is 4.79 Å². The predicted molar refractivity (Wildman–Crippen MR) is 124 cm³/mol. The fraction of sp³-hybridized carbons (Fsp3) is 0.346. The molecular formula is C26H25F3N4O2. The smallest absolute Gasteiger partial charge is 0.257 e. The lowest BCUT2D eigenvalue weighted by Gasteiger charge is -2.33. The average molecular weight is 483 g/mol. The minimum atomic E-state index is -1.04. The Morgan fingerprint density at radius 2 is 1.74 bits per heavy atom. The van der Waals surface area contributed by atoms with Crippen LogP contribution in [-0.4, -0.2) is 40.4 Å². The molecule has 0 bridgehead atoms. The predicted octanol–water partition coefficient (Wildman–Crippen LogP) is 5.12. The molecule has 0 aliphatic carbocycles. The summed E-state index contributed by atoms with van der Waals surface area (Å²) in [7, 11) is 0. The van der Waals surface area contributed by atoms with Crippen molar-refractivity contribution >= 4 is 11.9 Å². The molecule has 0 radical (unpaired) electrons. The van der Waals surface area contributed by atoms with Gasteiger partial charge in [-0.2, -0.15) is 4.98 Å². The highest BCUT2D eigenvalue weighted by molar-refractivity contribution is 5.94. The van der Waals surface area contributed by atoms with Gasteiger partial charge >= 0.3 is 0 Å². The van der Waals surface area contributed by atoms with Gasteiger partial charge in [0.15, 0.2) is 11.6 Å². The summed E-state index contributed by atoms with van der Waals surface area (Å²) in [5.74, 6) is -1.64. The number of nitrogens with zero attached hydrogens (tertiary/aromatic N) is 4. The van der Waals surface area contributed by atoms with Crippen LogP contribution >= 0.6 is 0 Å². The highest BCUT2D eigenvalue weighted by atomic mass is 19.2. The van der Waals surface area contributed by atoms with Crippen LogP contribution in [0.15, 0.2) is 42.5 Å². The molecule has 1 saturated heterocycles. The zero-order valence-corrected chi connectivity index (χ0v) is 19.3. The number of hydrogen-bond donors (Lipinski definition) is 0. The molecule has 2 aliphatic rings. The van der Waals surface area contributed by atoms with E-state index in [-0.39, 0.29) is 23.7 Å². The highest BCUT2D eigenvalue weighted by Crippen LogP contribution is 2.33. The minimum absolute atomic E-state index is 0.0148. The van der Waals surface area contributed by atoms with Crippen molar-refractivity contribution in [1.82, 2.24) is 14.9 Å². The van der Waals surface area contributed by atoms with Crippen molar-refractivity contribution in [2.75, 3.05) is 24.5 Å². The van der Waals surface area contributed by atoms with E-state index in [0.29, 0.717) is 30.4 Å². The zero-order valence-electron chi connectivity index (χ0n) is 19.3. The Bertz CT molecular complexity index is 1260. The summed E-state index contributed by atoms with van der Waals surface area (Å²) in [6, 6.07) is 9.10. The van der Waals surface area contributed by atoms with E-state index in [9.17, 15) is 18.0 Å². The molecule has 3 heterocycles. The van der Waals surface area contributed by atoms with Crippen LogP contribution in [0.3, 0.4) is 0 Å². The van der Waals surface area contributed by atoms with Gasteiger partial charge in [0.05, 0.1) is 23.4 Å². The summed E-state index contributed by atoms with van der Waals surface area (Å²) < 4.78 is 47.5. The first-order valence-electron chi connectivity index (χ1n) is 11.7. The first kappa shape index (κ1) is 23.1. The number of hydrogen-bond acceptors (Lipinski definition) is 5. The van der Waals surface area contributed by atoms with Crippen molar-refractivity contribution in [2.24, 2.45) is 5.92 Å². The number of aromatic nitrogens is 2. The number of carbonyl (C=O) groups is 1. The van der Waals surface area contributed by atoms with Crippen molar-refractivity contribution in [2.45, 2.75) is 32.7 Å². The summed E-state index contributed by atoms with van der Waals surface area (Å²) in [5.41, 5.74) is 1.28. The molecule has 1 aromatic heterocycles. The van der Waals surface area contributed by atoms with Crippen LogP contribution < -0.4 is 9.64 Å². The van der Waals surface area contributed by atoms with E-state index in [1.54, 1.807) is 6.07 Å². The summed E-state index contributed by atoms with van der Waals surface area (Å²) in [6.07, 6.45) is 2.47. The molecule has 0 spiro atoms. The molecule has 182 valence electrons. The molecule has 2 aromatic carbocycles. The van der Waals surface area contributed by atoms with Crippen LogP contribution in [0.5, 0.6) is 11.6 Å². The van der Waals surface area contributed by atoms with Crippen molar-refractivity contribution in [1.29, 1.82) is 0 Å². The number of ether oxygens (including phenoxy) is 1. The summed E-state index contributed by atoms with van der Waals surface area (Å²) >= 11 is 0. The molecule has 1 fully saturated rings. The Morgan fingerprint density at radius 3 is 2.49 bits per heavy atom. The third-order valence-electron chi connectivity index (χ3n) is 6.57. The van der Waals surface area contributed by atoms with Gasteiger partial charge in [0.2, 0.25) is 11.8 Å². The maximum absolute atomic E-state index is 14.2. The number of piperidine rings is 1. The normalized spacial score (nSPS) is 16.2. The van der Waals surface area contributed by atoms with Crippen LogP contribution in [0.25, 0.3) is 0 Å². The molecule has 9 heteroatoms. The number of fused-ring (bicyclic) bond motifs is 1. The maximum atomic E-state index is 14.2. The van der Waals surface area contributed by atoms with E-state index < -0.39 is 23.4 Å². The Morgan fingerprint density at radius 1 is 0.971 bits per heavy atom. The molecule has 0 atom stereocenters. The van der Waals surface area contributed by atoms with Gasteiger partial charge in [0.1, 0.15) is 11.6 Å². The van der Waals surface area contributed by atoms with Gasteiger partial charge in [0, 0.05) is 32.1 Å². The number of carbonyl (C=O) groups excluding carboxylic acids is 1. The SMILES string of the molecule is CC1CCN(c2nc3c(c(Oc4ccc(F)c(F)c4)n2)CN(C(=O)c2ccccc2F)CC3)CC1. The summed E-state index contributed by atoms with van der Waals surface area (Å²) in [4.78, 5) is 26.0. The molecule has 5 rings (SSSR count). The average Bonchev–Trinajstić information content (AvgIpc) is 2.86. The van der Waals surface area contributed by atoms with Crippen molar-refractivity contribution in [3.63, 3.8) is 0 Å². The topological polar surface area (TPSA) is 58.6 Å². The van der Waals surface area contributed by atoms with E-state index in [4.69, 9.17) is 9.72 Å². The monoisotopic (exact) mass is 482 g/mol. The molecule has 2 aliphatic heterocycles. The van der Waals surface area contributed by atoms with Gasteiger partial charge in [-0.15, -0.1) is 0 Å². The van der Waals surface area contributed by atoms with E-state index in [2.05, 4.69) is 16.8 Å². The fourth-order valence-electron chi connectivity index (χ4n) is 4.44. The zero-order chi connectivity index (χ0) is 24.5. The molecule has 0 saturated carbocycles. The number of benzene rings is 2. The maximum Gasteiger partial charge on any atom is 0.257 e. The van der Waals surface area contributed by atoms with Gasteiger partial charge in [-0.25, -0.2) is 18.2 Å². The van der Waals surface area contributed by atoms with Crippen molar-refractivity contribution < 1.29 is 22.7 Å². The lowest BCUT2D eigenvalue weighted by molar-refractivity contribution is 0.0727. The van der Waals surface area contributed by atoms with Gasteiger partial charge < -0.3 is 14.5 Å². The van der Waals surface area contributed by atoms with Crippen LogP contribution in [0.1, 0.15) is 41.4 Å². The van der Waals surface area contributed by atoms with Crippen LogP contribution in [0, 0.1) is 23.4 Å². The van der Waals surface area contributed by atoms with Crippen molar-refractivity contribution in [3.05, 3.63) is 76.7 Å². The highest BCUT2D eigenvalue weighted by Gasteiger charge is 2.30. The number of rotatable bonds is 4. The molecule has 35 heavy (non-hydrogen) atoms. The number of anilines is 1. The number of halogens is 3. The molecule has 0 unspecified atom stereocenters. The van der Waals surface area contributed by atoms with Crippen LogP contribution in [-0.2, 0) is 13.0 Å². The Kier molecular flexibility index (Phi) is 6.32. The quantitative estimate of drug-likeness (QED) is 0.517. The lowest BCUT2D eigenvalue weighted by atomic mass is 9.99. The molecule has 3 aromatic rings. The second kappa shape index (κ2) is 9.56. The first-order chi connectivity index (χ1) is 16.9. The Hall–Kier alpha value is -3.62. The van der Waals surface area contributed by atoms with E-state index in [1.807, 2.05) is 0 Å². The third kappa shape index (κ3) is 4.80. The van der Waals surface area contributed by atoms with E-state index in [0.717, 1.165) is 43.8 Å². The Labute approximate surface area is 201 Å². The van der Waals surface area contributed by atoms with E-state index >= 15 is 0 Å². The van der Waals surface area contributed by atoms with Crippen LogP contribution in [0.2, 0.25) is 0 Å². The van der Waals surface area contributed by atoms with E-state index in [1.165, 1.54) is 29.2 Å². The summed E-state index contributed by atoms with van der Waals surface area (Å²) in [5, 5.41) is 0. The lowest BCUT2D eigenvalue weighted by Crippen LogP contribution is -2.38. The molecular weight excluding hydrogens is 457 g/mol. The van der Waals surface area contributed by atoms with Gasteiger partial charge in [0.25, 0.3) is 5.91 Å². The van der Waals surface area contributed by atoms with Crippen molar-refractivity contribution in [3.8, 4) is 11.6 Å². The molecule has 1 amide bonds. The fourth-order valence-corrected chi connectivity index (χ4v) is 4.44. The van der Waals surface area contributed by atoms with Gasteiger partial charge in [-0.05, 0) is 43.0 Å². The minimum Gasteiger partial charge on any atom is -0.438 e. The first-order valence-corrected chi connectivity index (χ1v) is 11.7. The number of amides is 1. The second-order valence-corrected chi connectivity index (χ2v) is 9.06. The summed E-state index contributed by atoms with van der Waals surface area (Å²) in [6.45, 7) is 4.30. The standard InChI is InChI=1S/C26H25F3N4O2/c1-16-8-11-32(12-9-16)26-30-23-10-13-33(25(34)18-4-2-3-5-20(18)27)15-19(23)24(31-26)35-17-6-7-21(28)22(29)14-17/h2-7,14,16H,8-13,15H2,1H3. The largest absolute Gasteiger partial charge is 0.438 e.